The molecular formula is C25H34N2O4Si. The second kappa shape index (κ2) is 10.8. The maximum atomic E-state index is 12.7. The van der Waals surface area contributed by atoms with E-state index in [4.69, 9.17) is 9.16 Å². The molecule has 0 aliphatic heterocycles. The largest absolute Gasteiger partial charge is 0.445 e. The fraction of sp³-hybridized carbons (Fsp3) is 0.440. The van der Waals surface area contributed by atoms with Gasteiger partial charge in [-0.15, -0.1) is 0 Å². The van der Waals surface area contributed by atoms with Crippen LogP contribution in [0, 0.1) is 0 Å². The van der Waals surface area contributed by atoms with Gasteiger partial charge in [-0.1, -0.05) is 63.2 Å². The average molecular weight is 455 g/mol. The molecule has 7 heteroatoms. The van der Waals surface area contributed by atoms with E-state index in [1.165, 1.54) is 9.80 Å². The van der Waals surface area contributed by atoms with E-state index in [-0.39, 0.29) is 24.1 Å². The number of benzene rings is 2. The zero-order chi connectivity index (χ0) is 23.9. The van der Waals surface area contributed by atoms with Crippen LogP contribution in [0.1, 0.15) is 45.7 Å². The van der Waals surface area contributed by atoms with Crippen molar-refractivity contribution in [3.63, 3.8) is 0 Å². The summed E-state index contributed by atoms with van der Waals surface area (Å²) in [6.45, 7) is 10.6. The molecule has 2 rings (SSSR count). The minimum absolute atomic E-state index is 0.0762. The Labute approximate surface area is 194 Å². The molecule has 172 valence electrons. The van der Waals surface area contributed by atoms with Gasteiger partial charge in [0.2, 0.25) is 15.7 Å². The van der Waals surface area contributed by atoms with Crippen molar-refractivity contribution in [1.29, 1.82) is 0 Å². The summed E-state index contributed by atoms with van der Waals surface area (Å²) in [4.78, 5) is 27.7. The molecule has 0 saturated carbocycles. The van der Waals surface area contributed by atoms with E-state index in [0.29, 0.717) is 9.76 Å². The van der Waals surface area contributed by atoms with Crippen LogP contribution in [0.2, 0.25) is 5.04 Å². The van der Waals surface area contributed by atoms with Gasteiger partial charge in [-0.3, -0.25) is 4.79 Å². The number of likely N-dealkylation sites (N-methyl/N-ethyl adjacent to an activating group) is 2. The third-order valence-corrected chi connectivity index (χ3v) is 6.05. The van der Waals surface area contributed by atoms with Crippen molar-refractivity contribution in [2.45, 2.75) is 51.9 Å². The molecule has 0 saturated heterocycles. The first-order chi connectivity index (χ1) is 14.9. The van der Waals surface area contributed by atoms with E-state index in [0.717, 1.165) is 16.8 Å². The van der Waals surface area contributed by atoms with E-state index in [1.54, 1.807) is 14.1 Å². The third kappa shape index (κ3) is 7.80. The molecule has 0 aliphatic carbocycles. The zero-order valence-corrected chi connectivity index (χ0v) is 21.1. The highest BCUT2D eigenvalue weighted by Crippen LogP contribution is 2.30. The van der Waals surface area contributed by atoms with Gasteiger partial charge in [0.25, 0.3) is 0 Å². The van der Waals surface area contributed by atoms with Gasteiger partial charge in [0.15, 0.2) is 0 Å². The maximum absolute atomic E-state index is 12.7. The highest BCUT2D eigenvalue weighted by Gasteiger charge is 2.26. The number of hydrogen-bond donors (Lipinski definition) is 0. The second-order valence-electron chi connectivity index (χ2n) is 9.36. The van der Waals surface area contributed by atoms with Gasteiger partial charge in [0, 0.05) is 19.8 Å². The molecule has 2 aromatic carbocycles. The quantitative estimate of drug-likeness (QED) is 0.526. The summed E-state index contributed by atoms with van der Waals surface area (Å²) in [5.74, 6) is -0.207. The molecule has 0 fully saturated rings. The molecule has 0 aromatic heterocycles. The maximum Gasteiger partial charge on any atom is 0.410 e. The molecule has 0 N–H and O–H groups in total. The highest BCUT2D eigenvalue weighted by molar-refractivity contribution is 6.31. The number of anilines is 1. The molecule has 0 spiro atoms. The number of ether oxygens (including phenoxy) is 1. The predicted octanol–water partition coefficient (Wildman–Crippen LogP) is 5.01. The smallest absolute Gasteiger partial charge is 0.410 e. The first-order valence-corrected chi connectivity index (χ1v) is 11.5. The van der Waals surface area contributed by atoms with Crippen LogP contribution in [0.5, 0.6) is 0 Å². The van der Waals surface area contributed by atoms with Gasteiger partial charge in [0.1, 0.15) is 13.2 Å². The number of nitrogens with zero attached hydrogens (tertiary/aromatic N) is 2. The minimum Gasteiger partial charge on any atom is -0.445 e. The van der Waals surface area contributed by atoms with Gasteiger partial charge in [-0.05, 0) is 42.1 Å². The van der Waals surface area contributed by atoms with Crippen molar-refractivity contribution >= 4 is 27.5 Å². The van der Waals surface area contributed by atoms with Gasteiger partial charge < -0.3 is 19.0 Å². The van der Waals surface area contributed by atoms with Crippen LogP contribution in [0.25, 0.3) is 0 Å². The molecule has 0 heterocycles. The zero-order valence-electron chi connectivity index (χ0n) is 20.1. The molecule has 0 atom stereocenters. The number of hydrogen-bond acceptors (Lipinski definition) is 4. The lowest BCUT2D eigenvalue weighted by Crippen LogP contribution is -2.39. The van der Waals surface area contributed by atoms with Crippen LogP contribution in [0.3, 0.4) is 0 Å². The van der Waals surface area contributed by atoms with Crippen LogP contribution in [0.15, 0.2) is 54.6 Å². The van der Waals surface area contributed by atoms with E-state index >= 15 is 0 Å². The lowest BCUT2D eigenvalue weighted by atomic mass is 9.98. The van der Waals surface area contributed by atoms with E-state index in [9.17, 15) is 9.59 Å². The first kappa shape index (κ1) is 25.6. The molecule has 2 aromatic rings. The molecule has 2 radical (unpaired) electrons. The van der Waals surface area contributed by atoms with E-state index in [1.807, 2.05) is 68.4 Å². The SMILES string of the molecule is CN(CC(=O)N(C)c1ccc(C(C)(C)O[Si]C(C)(C)C)cc1)C(=O)OCc1ccccc1. The topological polar surface area (TPSA) is 59.1 Å². The van der Waals surface area contributed by atoms with Crippen molar-refractivity contribution in [3.8, 4) is 0 Å². The van der Waals surface area contributed by atoms with Gasteiger partial charge >= 0.3 is 6.09 Å². The lowest BCUT2D eigenvalue weighted by molar-refractivity contribution is -0.119. The van der Waals surface area contributed by atoms with Crippen LogP contribution in [-0.4, -0.2) is 47.3 Å². The van der Waals surface area contributed by atoms with Gasteiger partial charge in [0.05, 0.1) is 5.60 Å². The highest BCUT2D eigenvalue weighted by atomic mass is 28.2. The van der Waals surface area contributed by atoms with Crippen LogP contribution in [0.4, 0.5) is 10.5 Å². The van der Waals surface area contributed by atoms with Crippen molar-refractivity contribution in [2.75, 3.05) is 25.5 Å². The summed E-state index contributed by atoms with van der Waals surface area (Å²) in [6.07, 6.45) is -0.537. The Kier molecular flexibility index (Phi) is 8.63. The Bertz CT molecular complexity index is 892. The fourth-order valence-electron chi connectivity index (χ4n) is 2.77. The molecule has 6 nitrogen and oxygen atoms in total. The number of rotatable bonds is 8. The van der Waals surface area contributed by atoms with Crippen molar-refractivity contribution in [1.82, 2.24) is 4.90 Å². The van der Waals surface area contributed by atoms with Crippen molar-refractivity contribution in [2.24, 2.45) is 0 Å². The lowest BCUT2D eigenvalue weighted by Gasteiger charge is -2.30. The van der Waals surface area contributed by atoms with Gasteiger partial charge in [-0.2, -0.15) is 0 Å². The number of carbonyl (C=O) groups is 2. The molecule has 2 amide bonds. The first-order valence-electron chi connectivity index (χ1n) is 10.6. The summed E-state index contributed by atoms with van der Waals surface area (Å²) in [7, 11) is 3.63. The number of carbonyl (C=O) groups excluding carboxylic acids is 2. The Morgan fingerprint density at radius 1 is 0.906 bits per heavy atom. The van der Waals surface area contributed by atoms with Crippen LogP contribution < -0.4 is 4.90 Å². The van der Waals surface area contributed by atoms with E-state index in [2.05, 4.69) is 20.8 Å². The molecule has 0 unspecified atom stereocenters. The Morgan fingerprint density at radius 3 is 2.06 bits per heavy atom. The van der Waals surface area contributed by atoms with Gasteiger partial charge in [-0.25, -0.2) is 4.79 Å². The summed E-state index contributed by atoms with van der Waals surface area (Å²) < 4.78 is 11.4. The summed E-state index contributed by atoms with van der Waals surface area (Å²) in [5.41, 5.74) is 2.27. The minimum atomic E-state index is -0.537. The summed E-state index contributed by atoms with van der Waals surface area (Å²) in [5, 5.41) is 0.109. The van der Waals surface area contributed by atoms with Crippen molar-refractivity contribution in [3.05, 3.63) is 65.7 Å². The Hall–Kier alpha value is -2.64. The Balaban J connectivity index is 1.91. The molecule has 0 bridgehead atoms. The number of amides is 2. The Morgan fingerprint density at radius 2 is 1.50 bits per heavy atom. The summed E-state index contributed by atoms with van der Waals surface area (Å²) >= 11 is 0. The molecular weight excluding hydrogens is 420 g/mol. The van der Waals surface area contributed by atoms with Crippen LogP contribution >= 0.6 is 0 Å². The molecule has 0 aliphatic rings. The van der Waals surface area contributed by atoms with Crippen LogP contribution in [-0.2, 0) is 26.2 Å². The fourth-order valence-corrected chi connectivity index (χ4v) is 3.45. The average Bonchev–Trinajstić information content (AvgIpc) is 2.76. The molecule has 32 heavy (non-hydrogen) atoms. The van der Waals surface area contributed by atoms with Crippen molar-refractivity contribution < 1.29 is 18.8 Å². The normalized spacial score (nSPS) is 11.7. The second-order valence-corrected chi connectivity index (χ2v) is 11.3. The predicted molar refractivity (Wildman–Crippen MR) is 129 cm³/mol. The van der Waals surface area contributed by atoms with E-state index < -0.39 is 11.7 Å². The standard InChI is InChI=1S/C25H34N2O4Si/c1-24(2,3)32-31-25(4,5)20-13-15-21(16-14-20)27(7)22(28)17-26(6)23(29)30-18-19-11-9-8-10-12-19/h8-16H,17-18H2,1-7H3. The third-order valence-electron chi connectivity index (χ3n) is 4.83. The summed E-state index contributed by atoms with van der Waals surface area (Å²) in [6, 6.07) is 17.2. The monoisotopic (exact) mass is 454 g/mol.